The van der Waals surface area contributed by atoms with Crippen LogP contribution in [0.15, 0.2) is 41.5 Å². The monoisotopic (exact) mass is 444 g/mol. The average molecular weight is 444 g/mol. The summed E-state index contributed by atoms with van der Waals surface area (Å²) in [7, 11) is 0. The number of nitrogens with zero attached hydrogens (tertiary/aromatic N) is 5. The first-order valence-electron chi connectivity index (χ1n) is 10.3. The Morgan fingerprint density at radius 3 is 2.03 bits per heavy atom. The smallest absolute Gasteiger partial charge is 0.355 e. The number of hydrogen-bond acceptors (Lipinski definition) is 6. The molecule has 0 spiro atoms. The van der Waals surface area contributed by atoms with Crippen molar-refractivity contribution in [2.75, 3.05) is 36.0 Å². The summed E-state index contributed by atoms with van der Waals surface area (Å²) in [6, 6.07) is 6.24. The summed E-state index contributed by atoms with van der Waals surface area (Å²) in [5, 5.41) is 0. The number of nitrogens with one attached hydrogen (secondary N) is 1. The molecule has 4 heterocycles. The number of aromatic nitrogens is 4. The molecule has 1 N–H and O–H groups in total. The first-order chi connectivity index (χ1) is 15.2. The zero-order valence-corrected chi connectivity index (χ0v) is 17.8. The molecule has 10 heteroatoms. The number of H-pyrrole nitrogens is 1. The normalized spacial score (nSPS) is 15.0. The lowest BCUT2D eigenvalue weighted by Crippen LogP contribution is -2.31. The van der Waals surface area contributed by atoms with Gasteiger partial charge in [0.2, 0.25) is 0 Å². The minimum atomic E-state index is -4.39. The van der Waals surface area contributed by atoms with Gasteiger partial charge in [0.15, 0.2) is 0 Å². The van der Waals surface area contributed by atoms with Crippen LogP contribution >= 0.6 is 0 Å². The SMILES string of the molecule is Cc1nc(-c2ccc(N3CCCN(c4ccc(C(F)(F)F)cn4)CC3)nc2)[nH]c(=O)c1C. The van der Waals surface area contributed by atoms with Gasteiger partial charge >= 0.3 is 6.18 Å². The summed E-state index contributed by atoms with van der Waals surface area (Å²) < 4.78 is 38.3. The van der Waals surface area contributed by atoms with Gasteiger partial charge < -0.3 is 14.8 Å². The van der Waals surface area contributed by atoms with Gasteiger partial charge in [0.1, 0.15) is 17.5 Å². The van der Waals surface area contributed by atoms with E-state index in [0.29, 0.717) is 42.5 Å². The molecule has 0 unspecified atom stereocenters. The topological polar surface area (TPSA) is 78.0 Å². The molecule has 32 heavy (non-hydrogen) atoms. The van der Waals surface area contributed by atoms with Crippen LogP contribution in [0.3, 0.4) is 0 Å². The van der Waals surface area contributed by atoms with E-state index in [0.717, 1.165) is 36.6 Å². The number of halogens is 3. The Kier molecular flexibility index (Phi) is 5.86. The van der Waals surface area contributed by atoms with E-state index in [-0.39, 0.29) is 5.56 Å². The first kappa shape index (κ1) is 21.8. The van der Waals surface area contributed by atoms with E-state index in [1.165, 1.54) is 6.07 Å². The van der Waals surface area contributed by atoms with E-state index in [1.807, 2.05) is 17.0 Å². The Morgan fingerprint density at radius 1 is 0.906 bits per heavy atom. The lowest BCUT2D eigenvalue weighted by Gasteiger charge is -2.23. The van der Waals surface area contributed by atoms with Crippen LogP contribution in [-0.2, 0) is 6.18 Å². The van der Waals surface area contributed by atoms with Gasteiger partial charge in [0, 0.05) is 55.4 Å². The van der Waals surface area contributed by atoms with E-state index < -0.39 is 11.7 Å². The largest absolute Gasteiger partial charge is 0.417 e. The summed E-state index contributed by atoms with van der Waals surface area (Å²) in [4.78, 5) is 31.9. The minimum absolute atomic E-state index is 0.166. The number of rotatable bonds is 3. The fourth-order valence-electron chi connectivity index (χ4n) is 3.61. The second-order valence-corrected chi connectivity index (χ2v) is 7.76. The summed E-state index contributed by atoms with van der Waals surface area (Å²) in [5.74, 6) is 1.81. The van der Waals surface area contributed by atoms with E-state index in [2.05, 4.69) is 24.8 Å². The van der Waals surface area contributed by atoms with Crippen LogP contribution in [0.25, 0.3) is 11.4 Å². The number of alkyl halides is 3. The van der Waals surface area contributed by atoms with Gasteiger partial charge in [0.05, 0.1) is 5.56 Å². The second-order valence-electron chi connectivity index (χ2n) is 7.76. The number of aromatic amines is 1. The van der Waals surface area contributed by atoms with Crippen LogP contribution in [0, 0.1) is 13.8 Å². The van der Waals surface area contributed by atoms with Crippen molar-refractivity contribution in [3.63, 3.8) is 0 Å². The van der Waals surface area contributed by atoms with E-state index in [4.69, 9.17) is 0 Å². The summed E-state index contributed by atoms with van der Waals surface area (Å²) in [5.41, 5.74) is 1.08. The fraction of sp³-hybridized carbons (Fsp3) is 0.364. The maximum atomic E-state index is 12.8. The third kappa shape index (κ3) is 4.58. The highest BCUT2D eigenvalue weighted by atomic mass is 19.4. The van der Waals surface area contributed by atoms with Gasteiger partial charge in [0.25, 0.3) is 5.56 Å². The second kappa shape index (κ2) is 8.60. The molecule has 0 aromatic carbocycles. The number of hydrogen-bond donors (Lipinski definition) is 1. The maximum Gasteiger partial charge on any atom is 0.417 e. The van der Waals surface area contributed by atoms with Crippen molar-refractivity contribution in [1.29, 1.82) is 0 Å². The summed E-state index contributed by atoms with van der Waals surface area (Å²) >= 11 is 0. The molecule has 0 amide bonds. The molecule has 0 saturated carbocycles. The Balaban J connectivity index is 1.45. The summed E-state index contributed by atoms with van der Waals surface area (Å²) in [6.45, 7) is 6.27. The number of aryl methyl sites for hydroxylation is 1. The van der Waals surface area contributed by atoms with E-state index in [1.54, 1.807) is 20.0 Å². The molecule has 0 atom stereocenters. The van der Waals surface area contributed by atoms with Gasteiger partial charge in [-0.25, -0.2) is 15.0 Å². The molecule has 3 aromatic heterocycles. The molecule has 1 saturated heterocycles. The fourth-order valence-corrected chi connectivity index (χ4v) is 3.61. The van der Waals surface area contributed by atoms with Crippen molar-refractivity contribution in [2.45, 2.75) is 26.4 Å². The predicted molar refractivity (Wildman–Crippen MR) is 116 cm³/mol. The molecule has 0 aliphatic carbocycles. The highest BCUT2D eigenvalue weighted by Gasteiger charge is 2.31. The van der Waals surface area contributed by atoms with Crippen LogP contribution < -0.4 is 15.4 Å². The van der Waals surface area contributed by atoms with Crippen LogP contribution in [0.2, 0.25) is 0 Å². The van der Waals surface area contributed by atoms with E-state index >= 15 is 0 Å². The van der Waals surface area contributed by atoms with Gasteiger partial charge in [-0.05, 0) is 44.5 Å². The number of pyridine rings is 2. The lowest BCUT2D eigenvalue weighted by molar-refractivity contribution is -0.137. The molecular weight excluding hydrogens is 421 g/mol. The van der Waals surface area contributed by atoms with Crippen molar-refractivity contribution in [3.8, 4) is 11.4 Å². The summed E-state index contributed by atoms with van der Waals surface area (Å²) in [6.07, 6.45) is -1.01. The van der Waals surface area contributed by atoms with Crippen molar-refractivity contribution < 1.29 is 13.2 Å². The molecule has 3 aromatic rings. The van der Waals surface area contributed by atoms with Crippen molar-refractivity contribution in [3.05, 3.63) is 63.8 Å². The van der Waals surface area contributed by atoms with Crippen LogP contribution in [0.5, 0.6) is 0 Å². The van der Waals surface area contributed by atoms with Crippen LogP contribution in [0.4, 0.5) is 24.8 Å². The standard InChI is InChI=1S/C22H23F3N6O/c1-14-15(2)28-20(29-21(14)32)16-4-6-18(26-12-16)30-8-3-9-31(11-10-30)19-7-5-17(13-27-19)22(23,24)25/h4-7,12-13H,3,8-11H2,1-2H3,(H,28,29,32). The predicted octanol–water partition coefficient (Wildman–Crippen LogP) is 3.58. The highest BCUT2D eigenvalue weighted by molar-refractivity contribution is 5.57. The molecular formula is C22H23F3N6O. The first-order valence-corrected chi connectivity index (χ1v) is 10.3. The highest BCUT2D eigenvalue weighted by Crippen LogP contribution is 2.29. The molecule has 168 valence electrons. The average Bonchev–Trinajstić information content (AvgIpc) is 3.03. The Morgan fingerprint density at radius 2 is 1.53 bits per heavy atom. The third-order valence-corrected chi connectivity index (χ3v) is 5.64. The van der Waals surface area contributed by atoms with Gasteiger partial charge in [-0.2, -0.15) is 13.2 Å². The Labute approximate surface area is 183 Å². The zero-order chi connectivity index (χ0) is 22.9. The minimum Gasteiger partial charge on any atom is -0.355 e. The zero-order valence-electron chi connectivity index (χ0n) is 17.8. The molecule has 1 aliphatic heterocycles. The quantitative estimate of drug-likeness (QED) is 0.666. The molecule has 0 radical (unpaired) electrons. The Hall–Kier alpha value is -3.43. The molecule has 1 fully saturated rings. The van der Waals surface area contributed by atoms with Crippen molar-refractivity contribution in [1.82, 2.24) is 19.9 Å². The van der Waals surface area contributed by atoms with Gasteiger partial charge in [-0.1, -0.05) is 0 Å². The van der Waals surface area contributed by atoms with Gasteiger partial charge in [-0.3, -0.25) is 4.79 Å². The maximum absolute atomic E-state index is 12.8. The molecule has 7 nitrogen and oxygen atoms in total. The lowest BCUT2D eigenvalue weighted by atomic mass is 10.2. The van der Waals surface area contributed by atoms with E-state index in [9.17, 15) is 18.0 Å². The van der Waals surface area contributed by atoms with Crippen LogP contribution in [-0.4, -0.2) is 46.1 Å². The molecule has 4 rings (SSSR count). The molecule has 0 bridgehead atoms. The van der Waals surface area contributed by atoms with Crippen LogP contribution in [0.1, 0.15) is 23.2 Å². The molecule has 1 aliphatic rings. The van der Waals surface area contributed by atoms with Crippen molar-refractivity contribution in [2.24, 2.45) is 0 Å². The van der Waals surface area contributed by atoms with Crippen molar-refractivity contribution >= 4 is 11.6 Å². The third-order valence-electron chi connectivity index (χ3n) is 5.64. The number of anilines is 2. The Bertz CT molecular complexity index is 1140. The van der Waals surface area contributed by atoms with Gasteiger partial charge in [-0.15, -0.1) is 0 Å².